The van der Waals surface area contributed by atoms with Gasteiger partial charge in [-0.2, -0.15) is 0 Å². The maximum absolute atomic E-state index is 13.9. The van der Waals surface area contributed by atoms with E-state index in [0.29, 0.717) is 23.4 Å². The maximum Gasteiger partial charge on any atom is 0.408 e. The van der Waals surface area contributed by atoms with E-state index in [9.17, 15) is 18.4 Å². The van der Waals surface area contributed by atoms with Crippen molar-refractivity contribution in [2.75, 3.05) is 0 Å². The van der Waals surface area contributed by atoms with Crippen molar-refractivity contribution in [2.45, 2.75) is 45.4 Å². The summed E-state index contributed by atoms with van der Waals surface area (Å²) < 4.78 is 33.2. The van der Waals surface area contributed by atoms with E-state index in [2.05, 4.69) is 15.6 Å². The highest BCUT2D eigenvalue weighted by molar-refractivity contribution is 5.99. The van der Waals surface area contributed by atoms with Crippen molar-refractivity contribution in [1.29, 1.82) is 0 Å². The molecule has 0 saturated heterocycles. The third-order valence-corrected chi connectivity index (χ3v) is 5.32. The molecule has 8 heteroatoms. The molecule has 0 unspecified atom stereocenters. The van der Waals surface area contributed by atoms with Crippen molar-refractivity contribution < 1.29 is 23.1 Å². The van der Waals surface area contributed by atoms with Gasteiger partial charge in [0.25, 0.3) is 5.91 Å². The van der Waals surface area contributed by atoms with Crippen LogP contribution in [0.3, 0.4) is 0 Å². The summed E-state index contributed by atoms with van der Waals surface area (Å²) in [6.45, 7) is 5.67. The topological polar surface area (TPSA) is 80.3 Å². The second-order valence-electron chi connectivity index (χ2n) is 9.17. The van der Waals surface area contributed by atoms with E-state index in [4.69, 9.17) is 4.74 Å². The molecule has 0 radical (unpaired) electrons. The van der Waals surface area contributed by atoms with Crippen LogP contribution in [-0.4, -0.2) is 22.6 Å². The molecule has 6 nitrogen and oxygen atoms in total. The highest BCUT2D eigenvalue weighted by Crippen LogP contribution is 2.31. The zero-order chi connectivity index (χ0) is 24.5. The van der Waals surface area contributed by atoms with Crippen LogP contribution in [0.2, 0.25) is 0 Å². The number of halogens is 2. The molecule has 4 rings (SSSR count). The van der Waals surface area contributed by atoms with Crippen molar-refractivity contribution in [3.8, 4) is 11.1 Å². The zero-order valence-electron chi connectivity index (χ0n) is 19.1. The summed E-state index contributed by atoms with van der Waals surface area (Å²) >= 11 is 0. The van der Waals surface area contributed by atoms with Crippen LogP contribution in [-0.2, 0) is 17.7 Å². The Morgan fingerprint density at radius 1 is 1.12 bits per heavy atom. The molecule has 0 saturated carbocycles. The minimum absolute atomic E-state index is 0.0862. The number of carbonyl (C=O) groups excluding carboxylic acids is 2. The van der Waals surface area contributed by atoms with Crippen LogP contribution in [0.15, 0.2) is 54.7 Å². The van der Waals surface area contributed by atoms with Gasteiger partial charge < -0.3 is 15.4 Å². The van der Waals surface area contributed by atoms with Crippen LogP contribution in [0.1, 0.15) is 54.0 Å². The average molecular weight is 466 g/mol. The lowest BCUT2D eigenvalue weighted by molar-refractivity contribution is 0.0502. The molecule has 0 aliphatic carbocycles. The first-order chi connectivity index (χ1) is 16.1. The van der Waals surface area contributed by atoms with Gasteiger partial charge in [-0.25, -0.2) is 13.6 Å². The lowest BCUT2D eigenvalue weighted by atomic mass is 9.94. The van der Waals surface area contributed by atoms with Crippen molar-refractivity contribution in [3.05, 3.63) is 88.7 Å². The number of hydrogen-bond acceptors (Lipinski definition) is 4. The molecule has 176 valence electrons. The minimum Gasteiger partial charge on any atom is -0.444 e. The van der Waals surface area contributed by atoms with Gasteiger partial charge in [-0.05, 0) is 74.2 Å². The fourth-order valence-electron chi connectivity index (χ4n) is 3.97. The molecule has 2 amide bonds. The van der Waals surface area contributed by atoms with Gasteiger partial charge in [-0.3, -0.25) is 9.78 Å². The van der Waals surface area contributed by atoms with Gasteiger partial charge in [0.2, 0.25) is 0 Å². The number of fused-ring (bicyclic) bond motifs is 1. The Morgan fingerprint density at radius 2 is 1.85 bits per heavy atom. The SMILES string of the molecule is CC(C)(C)OC(=O)N[C@@H](Cc1cc(F)cc(F)c1)c1ncccc1-c1ccc2c(c1)CNC2=O. The second-order valence-corrected chi connectivity index (χ2v) is 9.17. The Hall–Kier alpha value is -3.81. The van der Waals surface area contributed by atoms with E-state index >= 15 is 0 Å². The van der Waals surface area contributed by atoms with Gasteiger partial charge in [0.15, 0.2) is 0 Å². The van der Waals surface area contributed by atoms with Crippen LogP contribution in [0.4, 0.5) is 13.6 Å². The number of aromatic nitrogens is 1. The summed E-state index contributed by atoms with van der Waals surface area (Å²) in [6.07, 6.45) is 1.01. The first kappa shape index (κ1) is 23.4. The van der Waals surface area contributed by atoms with Crippen molar-refractivity contribution in [2.24, 2.45) is 0 Å². The van der Waals surface area contributed by atoms with E-state index in [0.717, 1.165) is 22.8 Å². The summed E-state index contributed by atoms with van der Waals surface area (Å²) in [5.74, 6) is -1.53. The fourth-order valence-corrected chi connectivity index (χ4v) is 3.97. The van der Waals surface area contributed by atoms with Gasteiger partial charge in [0, 0.05) is 29.9 Å². The number of rotatable bonds is 5. The van der Waals surface area contributed by atoms with Crippen LogP contribution < -0.4 is 10.6 Å². The Morgan fingerprint density at radius 3 is 2.56 bits per heavy atom. The van der Waals surface area contributed by atoms with Crippen LogP contribution in [0.5, 0.6) is 0 Å². The van der Waals surface area contributed by atoms with E-state index in [1.54, 1.807) is 39.1 Å². The highest BCUT2D eigenvalue weighted by atomic mass is 19.1. The largest absolute Gasteiger partial charge is 0.444 e. The van der Waals surface area contributed by atoms with E-state index in [1.807, 2.05) is 18.2 Å². The molecule has 3 aromatic rings. The molecule has 2 N–H and O–H groups in total. The Labute approximate surface area is 196 Å². The first-order valence-corrected chi connectivity index (χ1v) is 10.9. The Balaban J connectivity index is 1.74. The monoisotopic (exact) mass is 465 g/mol. The molecule has 0 fully saturated rings. The summed E-state index contributed by atoms with van der Waals surface area (Å²) in [5.41, 5.74) is 3.15. The van der Waals surface area contributed by atoms with Crippen LogP contribution in [0.25, 0.3) is 11.1 Å². The fraction of sp³-hybridized carbons (Fsp3) is 0.269. The molecule has 1 aliphatic heterocycles. The van der Waals surface area contributed by atoms with Gasteiger partial charge >= 0.3 is 6.09 Å². The zero-order valence-corrected chi connectivity index (χ0v) is 19.1. The van der Waals surface area contributed by atoms with Crippen molar-refractivity contribution in [1.82, 2.24) is 15.6 Å². The summed E-state index contributed by atoms with van der Waals surface area (Å²) in [7, 11) is 0. The highest BCUT2D eigenvalue weighted by Gasteiger charge is 2.25. The number of hydrogen-bond donors (Lipinski definition) is 2. The number of alkyl carbamates (subject to hydrolysis) is 1. The molecule has 1 aliphatic rings. The second kappa shape index (κ2) is 9.21. The number of benzene rings is 2. The molecule has 34 heavy (non-hydrogen) atoms. The standard InChI is InChI=1S/C26H25F2N3O3/c1-26(2,3)34-25(33)31-22(11-15-9-18(27)13-19(28)10-15)23-20(5-4-8-29-23)16-6-7-21-17(12-16)14-30-24(21)32/h4-10,12-13,22H,11,14H2,1-3H3,(H,30,32)(H,31,33)/t22-/m0/s1. The van der Waals surface area contributed by atoms with Crippen LogP contribution >= 0.6 is 0 Å². The molecule has 0 bridgehead atoms. The number of carbonyl (C=O) groups is 2. The van der Waals surface area contributed by atoms with Gasteiger partial charge in [-0.15, -0.1) is 0 Å². The lowest BCUT2D eigenvalue weighted by Crippen LogP contribution is -2.36. The predicted molar refractivity (Wildman–Crippen MR) is 123 cm³/mol. The van der Waals surface area contributed by atoms with Gasteiger partial charge in [0.1, 0.15) is 17.2 Å². The third kappa shape index (κ3) is 5.39. The van der Waals surface area contributed by atoms with E-state index in [1.165, 1.54) is 12.1 Å². The third-order valence-electron chi connectivity index (χ3n) is 5.32. The normalized spacial score (nSPS) is 13.7. The Kier molecular flexibility index (Phi) is 6.32. The molecular formula is C26H25F2N3O3. The molecule has 0 spiro atoms. The number of nitrogens with one attached hydrogen (secondary N) is 2. The maximum atomic E-state index is 13.9. The van der Waals surface area contributed by atoms with Gasteiger partial charge in [-0.1, -0.05) is 12.1 Å². The average Bonchev–Trinajstić information content (AvgIpc) is 3.11. The number of pyridine rings is 1. The summed E-state index contributed by atoms with van der Waals surface area (Å²) in [5, 5.41) is 5.60. The predicted octanol–water partition coefficient (Wildman–Crippen LogP) is 5.08. The molecule has 2 aromatic carbocycles. The molecule has 2 heterocycles. The quantitative estimate of drug-likeness (QED) is 0.551. The Bertz CT molecular complexity index is 1230. The number of amides is 2. The minimum atomic E-state index is -0.736. The van der Waals surface area contributed by atoms with E-state index in [-0.39, 0.29) is 12.3 Å². The molecule has 1 aromatic heterocycles. The van der Waals surface area contributed by atoms with Crippen molar-refractivity contribution in [3.63, 3.8) is 0 Å². The van der Waals surface area contributed by atoms with Gasteiger partial charge in [0.05, 0.1) is 11.7 Å². The molecular weight excluding hydrogens is 440 g/mol. The summed E-state index contributed by atoms with van der Waals surface area (Å²) in [6, 6.07) is 11.6. The summed E-state index contributed by atoms with van der Waals surface area (Å²) in [4.78, 5) is 29.1. The van der Waals surface area contributed by atoms with Crippen molar-refractivity contribution >= 4 is 12.0 Å². The first-order valence-electron chi connectivity index (χ1n) is 10.9. The number of ether oxygens (including phenoxy) is 1. The number of nitrogens with zero attached hydrogens (tertiary/aromatic N) is 1. The van der Waals surface area contributed by atoms with E-state index < -0.39 is 29.4 Å². The van der Waals surface area contributed by atoms with Crippen LogP contribution in [0, 0.1) is 11.6 Å². The smallest absolute Gasteiger partial charge is 0.408 e. The molecule has 1 atom stereocenters. The lowest BCUT2D eigenvalue weighted by Gasteiger charge is -2.25.